The van der Waals surface area contributed by atoms with Crippen molar-refractivity contribution in [2.45, 2.75) is 32.4 Å². The molecule has 3 heterocycles. The number of benzene rings is 1. The van der Waals surface area contributed by atoms with E-state index in [1.54, 1.807) is 16.1 Å². The Morgan fingerprint density at radius 1 is 1.28 bits per heavy atom. The number of carbonyl (C=O) groups is 1. The lowest BCUT2D eigenvalue weighted by Crippen LogP contribution is -2.38. The van der Waals surface area contributed by atoms with E-state index >= 15 is 0 Å². The first-order chi connectivity index (χ1) is 12.2. The highest BCUT2D eigenvalue weighted by Gasteiger charge is 2.30. The largest absolute Gasteiger partial charge is 0.334 e. The van der Waals surface area contributed by atoms with Gasteiger partial charge in [0, 0.05) is 12.1 Å². The smallest absolute Gasteiger partial charge is 0.254 e. The van der Waals surface area contributed by atoms with Gasteiger partial charge in [-0.05, 0) is 48.6 Å². The van der Waals surface area contributed by atoms with Crippen LogP contribution in [0, 0.1) is 6.92 Å². The SMILES string of the molecule is Cc1ccc(C(=O)N2CCC[C@H]2Cn2nnc(-c3cccs3)n2)cc1. The van der Waals surface area contributed by atoms with Gasteiger partial charge in [0.2, 0.25) is 5.82 Å². The quantitative estimate of drug-likeness (QED) is 0.723. The van der Waals surface area contributed by atoms with Crippen LogP contribution in [0.15, 0.2) is 41.8 Å². The third-order valence-electron chi connectivity index (χ3n) is 4.50. The highest BCUT2D eigenvalue weighted by Crippen LogP contribution is 2.23. The van der Waals surface area contributed by atoms with Crippen molar-refractivity contribution >= 4 is 17.2 Å². The minimum absolute atomic E-state index is 0.0843. The Morgan fingerprint density at radius 3 is 2.88 bits per heavy atom. The fourth-order valence-electron chi connectivity index (χ4n) is 3.17. The summed E-state index contributed by atoms with van der Waals surface area (Å²) in [6.45, 7) is 3.38. The fraction of sp³-hybridized carbons (Fsp3) is 0.333. The van der Waals surface area contributed by atoms with E-state index in [9.17, 15) is 4.79 Å². The minimum Gasteiger partial charge on any atom is -0.334 e. The van der Waals surface area contributed by atoms with Gasteiger partial charge in [-0.25, -0.2) is 0 Å². The number of rotatable bonds is 4. The molecule has 1 amide bonds. The highest BCUT2D eigenvalue weighted by atomic mass is 32.1. The second-order valence-electron chi connectivity index (χ2n) is 6.31. The van der Waals surface area contributed by atoms with Gasteiger partial charge in [-0.15, -0.1) is 21.5 Å². The molecule has 1 fully saturated rings. The maximum Gasteiger partial charge on any atom is 0.254 e. The Balaban J connectivity index is 1.48. The number of aromatic nitrogens is 4. The molecule has 3 aromatic rings. The second-order valence-corrected chi connectivity index (χ2v) is 7.25. The predicted octanol–water partition coefficient (Wildman–Crippen LogP) is 3.01. The molecule has 2 aromatic heterocycles. The molecule has 1 aliphatic rings. The maximum atomic E-state index is 12.8. The Labute approximate surface area is 150 Å². The summed E-state index contributed by atoms with van der Waals surface area (Å²) in [5.41, 5.74) is 1.89. The van der Waals surface area contributed by atoms with Gasteiger partial charge >= 0.3 is 0 Å². The Kier molecular flexibility index (Phi) is 4.31. The van der Waals surface area contributed by atoms with Gasteiger partial charge in [0.25, 0.3) is 5.91 Å². The van der Waals surface area contributed by atoms with Crippen LogP contribution in [0.2, 0.25) is 0 Å². The molecule has 7 heteroatoms. The third-order valence-corrected chi connectivity index (χ3v) is 5.37. The van der Waals surface area contributed by atoms with Gasteiger partial charge < -0.3 is 4.90 Å². The molecule has 25 heavy (non-hydrogen) atoms. The van der Waals surface area contributed by atoms with Crippen LogP contribution in [0.25, 0.3) is 10.7 Å². The van der Waals surface area contributed by atoms with Crippen LogP contribution in [-0.4, -0.2) is 43.6 Å². The minimum atomic E-state index is 0.0843. The van der Waals surface area contributed by atoms with E-state index in [1.807, 2.05) is 53.6 Å². The number of nitrogens with zero attached hydrogens (tertiary/aromatic N) is 5. The number of amides is 1. The summed E-state index contributed by atoms with van der Waals surface area (Å²) < 4.78 is 0. The second kappa shape index (κ2) is 6.76. The van der Waals surface area contributed by atoms with Crippen molar-refractivity contribution in [3.8, 4) is 10.7 Å². The summed E-state index contributed by atoms with van der Waals surface area (Å²) in [4.78, 5) is 17.4. The molecule has 0 unspecified atom stereocenters. The molecule has 0 saturated carbocycles. The predicted molar refractivity (Wildman–Crippen MR) is 96.4 cm³/mol. The summed E-state index contributed by atoms with van der Waals surface area (Å²) in [6, 6.07) is 11.8. The van der Waals surface area contributed by atoms with Crippen molar-refractivity contribution in [3.63, 3.8) is 0 Å². The molecule has 1 aliphatic heterocycles. The Bertz CT molecular complexity index is 856. The zero-order chi connectivity index (χ0) is 17.2. The van der Waals surface area contributed by atoms with E-state index in [1.165, 1.54) is 0 Å². The fourth-order valence-corrected chi connectivity index (χ4v) is 3.82. The van der Waals surface area contributed by atoms with Crippen LogP contribution >= 0.6 is 11.3 Å². The first-order valence-corrected chi connectivity index (χ1v) is 9.28. The Morgan fingerprint density at radius 2 is 2.12 bits per heavy atom. The number of thiophene rings is 1. The van der Waals surface area contributed by atoms with Crippen molar-refractivity contribution < 1.29 is 4.79 Å². The Hall–Kier alpha value is -2.54. The summed E-state index contributed by atoms with van der Waals surface area (Å²) in [7, 11) is 0. The summed E-state index contributed by atoms with van der Waals surface area (Å²) in [6.07, 6.45) is 1.97. The van der Waals surface area contributed by atoms with Gasteiger partial charge in [0.05, 0.1) is 17.5 Å². The monoisotopic (exact) mass is 353 g/mol. The lowest BCUT2D eigenvalue weighted by Gasteiger charge is -2.24. The number of likely N-dealkylation sites (tertiary alicyclic amines) is 1. The molecule has 0 aliphatic carbocycles. The first kappa shape index (κ1) is 16.0. The van der Waals surface area contributed by atoms with Crippen molar-refractivity contribution in [2.24, 2.45) is 0 Å². The number of carbonyl (C=O) groups excluding carboxylic acids is 1. The molecule has 128 valence electrons. The molecule has 0 radical (unpaired) electrons. The number of aryl methyl sites for hydroxylation is 1. The molecule has 0 spiro atoms. The van der Waals surface area contributed by atoms with E-state index < -0.39 is 0 Å². The van der Waals surface area contributed by atoms with Crippen LogP contribution in [-0.2, 0) is 6.54 Å². The lowest BCUT2D eigenvalue weighted by molar-refractivity contribution is 0.0718. The van der Waals surface area contributed by atoms with Gasteiger partial charge in [-0.3, -0.25) is 4.79 Å². The molecule has 0 N–H and O–H groups in total. The standard InChI is InChI=1S/C18H19N5OS/c1-13-6-8-14(9-7-13)18(24)22-10-2-4-15(22)12-23-20-17(19-21-23)16-5-3-11-25-16/h3,5-9,11,15H,2,4,10,12H2,1H3/t15-/m0/s1. The summed E-state index contributed by atoms with van der Waals surface area (Å²) >= 11 is 1.59. The number of hydrogen-bond acceptors (Lipinski definition) is 5. The molecule has 0 bridgehead atoms. The zero-order valence-corrected chi connectivity index (χ0v) is 14.8. The summed E-state index contributed by atoms with van der Waals surface area (Å²) in [5, 5.41) is 14.7. The molecule has 6 nitrogen and oxygen atoms in total. The topological polar surface area (TPSA) is 63.9 Å². The van der Waals surface area contributed by atoms with Crippen molar-refractivity contribution in [1.82, 2.24) is 25.1 Å². The van der Waals surface area contributed by atoms with Crippen LogP contribution in [0.1, 0.15) is 28.8 Å². The average Bonchev–Trinajstić information content (AvgIpc) is 3.37. The van der Waals surface area contributed by atoms with Gasteiger partial charge in [0.15, 0.2) is 0 Å². The maximum absolute atomic E-state index is 12.8. The molecular formula is C18H19N5OS. The molecule has 1 saturated heterocycles. The van der Waals surface area contributed by atoms with Gasteiger partial charge in [-0.2, -0.15) is 4.80 Å². The van der Waals surface area contributed by atoms with Crippen LogP contribution in [0.4, 0.5) is 0 Å². The van der Waals surface area contributed by atoms with Crippen molar-refractivity contribution in [3.05, 3.63) is 52.9 Å². The average molecular weight is 353 g/mol. The molecule has 1 atom stereocenters. The summed E-state index contributed by atoms with van der Waals surface area (Å²) in [5.74, 6) is 0.727. The van der Waals surface area contributed by atoms with Gasteiger partial charge in [0.1, 0.15) is 0 Å². The van der Waals surface area contributed by atoms with E-state index in [2.05, 4.69) is 15.4 Å². The van der Waals surface area contributed by atoms with Crippen LogP contribution in [0.3, 0.4) is 0 Å². The lowest BCUT2D eigenvalue weighted by atomic mass is 10.1. The molecule has 1 aromatic carbocycles. The number of hydrogen-bond donors (Lipinski definition) is 0. The number of tetrazole rings is 1. The van der Waals surface area contributed by atoms with Crippen LogP contribution in [0.5, 0.6) is 0 Å². The van der Waals surface area contributed by atoms with E-state index in [0.29, 0.717) is 12.4 Å². The molecule has 4 rings (SSSR count). The van der Waals surface area contributed by atoms with E-state index in [4.69, 9.17) is 0 Å². The highest BCUT2D eigenvalue weighted by molar-refractivity contribution is 7.13. The zero-order valence-electron chi connectivity index (χ0n) is 14.0. The van der Waals surface area contributed by atoms with E-state index in [0.717, 1.165) is 35.4 Å². The van der Waals surface area contributed by atoms with Crippen molar-refractivity contribution in [2.75, 3.05) is 6.54 Å². The molecular weight excluding hydrogens is 334 g/mol. The van der Waals surface area contributed by atoms with Gasteiger partial charge in [-0.1, -0.05) is 23.8 Å². The third kappa shape index (κ3) is 3.32. The first-order valence-electron chi connectivity index (χ1n) is 8.40. The van der Waals surface area contributed by atoms with Crippen LogP contribution < -0.4 is 0 Å². The van der Waals surface area contributed by atoms with Crippen molar-refractivity contribution in [1.29, 1.82) is 0 Å². The van der Waals surface area contributed by atoms with E-state index in [-0.39, 0.29) is 11.9 Å². The normalized spacial score (nSPS) is 17.2.